The van der Waals surface area contributed by atoms with E-state index in [1.165, 1.54) is 4.90 Å². The lowest BCUT2D eigenvalue weighted by atomic mass is 10.4. The van der Waals surface area contributed by atoms with Gasteiger partial charge in [0.15, 0.2) is 0 Å². The van der Waals surface area contributed by atoms with E-state index in [1.54, 1.807) is 6.92 Å². The summed E-state index contributed by atoms with van der Waals surface area (Å²) in [5.74, 6) is -0.261. The lowest BCUT2D eigenvalue weighted by molar-refractivity contribution is -0.137. The molecule has 0 spiro atoms. The second-order valence-electron chi connectivity index (χ2n) is 2.20. The van der Waals surface area contributed by atoms with Crippen LogP contribution in [-0.4, -0.2) is 28.5 Å². The van der Waals surface area contributed by atoms with Crippen molar-refractivity contribution >= 4 is 24.4 Å². The van der Waals surface area contributed by atoms with Gasteiger partial charge >= 0.3 is 0 Å². The van der Waals surface area contributed by atoms with E-state index < -0.39 is 5.25 Å². The minimum absolute atomic E-state index is 0.104. The number of rotatable bonds is 1. The third-order valence-electron chi connectivity index (χ3n) is 1.54. The number of thiol groups is 1. The van der Waals surface area contributed by atoms with Gasteiger partial charge in [-0.2, -0.15) is 12.6 Å². The molecule has 1 unspecified atom stereocenters. The average molecular weight is 159 g/mol. The highest BCUT2D eigenvalue weighted by Crippen LogP contribution is 2.16. The summed E-state index contributed by atoms with van der Waals surface area (Å²) in [6, 6.07) is 0. The van der Waals surface area contributed by atoms with Crippen LogP contribution < -0.4 is 0 Å². The lowest BCUT2D eigenvalue weighted by Gasteiger charge is -2.08. The largest absolute Gasteiger partial charge is 0.282 e. The molecule has 1 aliphatic heterocycles. The molecule has 1 rings (SSSR count). The minimum atomic E-state index is -0.396. The Balaban J connectivity index is 2.74. The molecule has 0 saturated carbocycles. The van der Waals surface area contributed by atoms with Crippen LogP contribution in [0.3, 0.4) is 0 Å². The minimum Gasteiger partial charge on any atom is -0.282 e. The van der Waals surface area contributed by atoms with Crippen LogP contribution in [0.4, 0.5) is 0 Å². The van der Waals surface area contributed by atoms with Crippen LogP contribution in [0.15, 0.2) is 0 Å². The molecule has 1 heterocycles. The van der Waals surface area contributed by atoms with E-state index in [0.717, 1.165) is 0 Å². The second kappa shape index (κ2) is 2.62. The molecule has 0 aliphatic carbocycles. The van der Waals surface area contributed by atoms with Crippen molar-refractivity contribution in [2.24, 2.45) is 0 Å². The molecule has 0 aromatic carbocycles. The maximum Gasteiger partial charge on any atom is 0.242 e. The van der Waals surface area contributed by atoms with E-state index in [4.69, 9.17) is 0 Å². The van der Waals surface area contributed by atoms with Gasteiger partial charge in [-0.05, 0) is 6.92 Å². The molecule has 0 radical (unpaired) electrons. The molecule has 0 bridgehead atoms. The fraction of sp³-hybridized carbons (Fsp3) is 0.667. The fourth-order valence-corrected chi connectivity index (χ4v) is 1.29. The Morgan fingerprint density at radius 3 is 2.50 bits per heavy atom. The molecule has 1 aliphatic rings. The highest BCUT2D eigenvalue weighted by molar-refractivity contribution is 7.81. The van der Waals surface area contributed by atoms with Crippen molar-refractivity contribution < 1.29 is 9.59 Å². The number of likely N-dealkylation sites (tertiary alicyclic amines) is 1. The number of hydrogen-bond donors (Lipinski definition) is 1. The topological polar surface area (TPSA) is 37.4 Å². The number of hydrogen-bond acceptors (Lipinski definition) is 3. The summed E-state index contributed by atoms with van der Waals surface area (Å²) in [4.78, 5) is 23.1. The maximum absolute atomic E-state index is 11.0. The van der Waals surface area contributed by atoms with Crippen LogP contribution in [0.25, 0.3) is 0 Å². The van der Waals surface area contributed by atoms with Gasteiger partial charge in [-0.3, -0.25) is 14.5 Å². The predicted molar refractivity (Wildman–Crippen MR) is 39.8 cm³/mol. The highest BCUT2D eigenvalue weighted by atomic mass is 32.1. The van der Waals surface area contributed by atoms with E-state index >= 15 is 0 Å². The Bertz CT molecular complexity index is 181. The van der Waals surface area contributed by atoms with Crippen molar-refractivity contribution in [1.29, 1.82) is 0 Å². The summed E-state index contributed by atoms with van der Waals surface area (Å²) in [7, 11) is 0. The molecule has 0 N–H and O–H groups in total. The Morgan fingerprint density at radius 2 is 2.30 bits per heavy atom. The normalized spacial score (nSPS) is 26.2. The quantitative estimate of drug-likeness (QED) is 0.434. The zero-order valence-electron chi connectivity index (χ0n) is 5.70. The summed E-state index contributed by atoms with van der Waals surface area (Å²) in [6.45, 7) is 2.25. The summed E-state index contributed by atoms with van der Waals surface area (Å²) < 4.78 is 0. The molecule has 0 aromatic heterocycles. The summed E-state index contributed by atoms with van der Waals surface area (Å²) in [5, 5.41) is -0.396. The van der Waals surface area contributed by atoms with E-state index in [1.807, 2.05) is 0 Å². The van der Waals surface area contributed by atoms with Gasteiger partial charge in [0.1, 0.15) is 0 Å². The zero-order valence-corrected chi connectivity index (χ0v) is 6.60. The molecule has 3 nitrogen and oxygen atoms in total. The predicted octanol–water partition coefficient (Wildman–Crippen LogP) is 0.0636. The van der Waals surface area contributed by atoms with Crippen molar-refractivity contribution in [2.45, 2.75) is 18.6 Å². The van der Waals surface area contributed by atoms with Crippen molar-refractivity contribution in [1.82, 2.24) is 4.90 Å². The van der Waals surface area contributed by atoms with Crippen LogP contribution in [-0.2, 0) is 9.59 Å². The molecule has 4 heteroatoms. The highest BCUT2D eigenvalue weighted by Gasteiger charge is 2.34. The monoisotopic (exact) mass is 159 g/mol. The average Bonchev–Trinajstić information content (AvgIpc) is 2.09. The Labute approximate surface area is 64.8 Å². The molecule has 1 atom stereocenters. The van der Waals surface area contributed by atoms with Crippen molar-refractivity contribution in [3.63, 3.8) is 0 Å². The SMILES string of the molecule is CCN1C(=O)CC(S)C1=O. The van der Waals surface area contributed by atoms with Crippen molar-refractivity contribution in [3.8, 4) is 0 Å². The van der Waals surface area contributed by atoms with Gasteiger partial charge in [-0.1, -0.05) is 0 Å². The molecule has 1 saturated heterocycles. The van der Waals surface area contributed by atoms with Gasteiger partial charge in [0, 0.05) is 13.0 Å². The van der Waals surface area contributed by atoms with E-state index in [-0.39, 0.29) is 18.2 Å². The van der Waals surface area contributed by atoms with Gasteiger partial charge < -0.3 is 0 Å². The molecular formula is C6H9NO2S. The smallest absolute Gasteiger partial charge is 0.242 e. The van der Waals surface area contributed by atoms with Crippen LogP contribution >= 0.6 is 12.6 Å². The molecule has 2 amide bonds. The molecule has 0 aromatic rings. The first-order valence-corrected chi connectivity index (χ1v) is 3.70. The second-order valence-corrected chi connectivity index (χ2v) is 2.82. The lowest BCUT2D eigenvalue weighted by Crippen LogP contribution is -2.30. The number of amides is 2. The number of carbonyl (C=O) groups is 2. The van der Waals surface area contributed by atoms with Gasteiger partial charge in [0.25, 0.3) is 0 Å². The van der Waals surface area contributed by atoms with Gasteiger partial charge in [0.05, 0.1) is 5.25 Å². The molecule has 1 fully saturated rings. The van der Waals surface area contributed by atoms with Crippen LogP contribution in [0.5, 0.6) is 0 Å². The number of nitrogens with zero attached hydrogens (tertiary/aromatic N) is 1. The fourth-order valence-electron chi connectivity index (χ4n) is 0.998. The number of carbonyl (C=O) groups excluding carboxylic acids is 2. The molecule has 10 heavy (non-hydrogen) atoms. The van der Waals surface area contributed by atoms with Crippen LogP contribution in [0.2, 0.25) is 0 Å². The third kappa shape index (κ3) is 1.03. The molecular weight excluding hydrogens is 150 g/mol. The van der Waals surface area contributed by atoms with Gasteiger partial charge in [-0.15, -0.1) is 0 Å². The summed E-state index contributed by atoms with van der Waals surface area (Å²) in [5.41, 5.74) is 0. The van der Waals surface area contributed by atoms with Crippen molar-refractivity contribution in [3.05, 3.63) is 0 Å². The standard InChI is InChI=1S/C6H9NO2S/c1-2-7-5(8)3-4(10)6(7)9/h4,10H,2-3H2,1H3. The Morgan fingerprint density at radius 1 is 1.70 bits per heavy atom. The Kier molecular flexibility index (Phi) is 1.99. The zero-order chi connectivity index (χ0) is 7.72. The van der Waals surface area contributed by atoms with Gasteiger partial charge in [-0.25, -0.2) is 0 Å². The maximum atomic E-state index is 11.0. The van der Waals surface area contributed by atoms with Crippen LogP contribution in [0, 0.1) is 0 Å². The van der Waals surface area contributed by atoms with Crippen LogP contribution in [0.1, 0.15) is 13.3 Å². The van der Waals surface area contributed by atoms with Crippen molar-refractivity contribution in [2.75, 3.05) is 6.54 Å². The molecule has 56 valence electrons. The first kappa shape index (κ1) is 7.60. The number of imide groups is 1. The van der Waals surface area contributed by atoms with E-state index in [2.05, 4.69) is 12.6 Å². The summed E-state index contributed by atoms with van der Waals surface area (Å²) in [6.07, 6.45) is 0.260. The van der Waals surface area contributed by atoms with E-state index in [9.17, 15) is 9.59 Å². The first-order valence-electron chi connectivity index (χ1n) is 3.19. The van der Waals surface area contributed by atoms with E-state index in [0.29, 0.717) is 6.54 Å². The summed E-state index contributed by atoms with van der Waals surface area (Å²) >= 11 is 3.95. The first-order chi connectivity index (χ1) is 4.66. The third-order valence-corrected chi connectivity index (χ3v) is 1.94. The Hall–Kier alpha value is -0.510. The van der Waals surface area contributed by atoms with Gasteiger partial charge in [0.2, 0.25) is 11.8 Å².